The van der Waals surface area contributed by atoms with Crippen LogP contribution >= 0.6 is 0 Å². The molecular weight excluding hydrogens is 296 g/mol. The minimum atomic E-state index is -0.276. The Morgan fingerprint density at radius 1 is 1.30 bits per heavy atom. The summed E-state index contributed by atoms with van der Waals surface area (Å²) in [6.45, 7) is 1.17. The highest BCUT2D eigenvalue weighted by Crippen LogP contribution is 2.28. The number of hydrogen-bond acceptors (Lipinski definition) is 4. The highest BCUT2D eigenvalue weighted by atomic mass is 16.5. The van der Waals surface area contributed by atoms with Crippen molar-refractivity contribution in [3.8, 4) is 0 Å². The fourth-order valence-corrected chi connectivity index (χ4v) is 3.70. The minimum absolute atomic E-state index is 0.0102. The lowest BCUT2D eigenvalue weighted by Crippen LogP contribution is -2.55. The second-order valence-electron chi connectivity index (χ2n) is 6.22. The summed E-state index contributed by atoms with van der Waals surface area (Å²) in [5, 5.41) is 4.24. The van der Waals surface area contributed by atoms with Crippen molar-refractivity contribution in [2.24, 2.45) is 0 Å². The van der Waals surface area contributed by atoms with Crippen LogP contribution in [0.4, 0.5) is 0 Å². The monoisotopic (exact) mass is 316 g/mol. The number of ether oxygens (including phenoxy) is 1. The van der Waals surface area contributed by atoms with Crippen molar-refractivity contribution in [2.75, 3.05) is 13.2 Å². The van der Waals surface area contributed by atoms with E-state index in [2.05, 4.69) is 5.10 Å². The van der Waals surface area contributed by atoms with Crippen molar-refractivity contribution in [2.45, 2.75) is 44.4 Å². The number of hydrogen-bond donors (Lipinski definition) is 0. The van der Waals surface area contributed by atoms with Crippen LogP contribution in [0.25, 0.3) is 5.65 Å². The Bertz CT molecular complexity index is 779. The molecule has 1 saturated carbocycles. The summed E-state index contributed by atoms with van der Waals surface area (Å²) in [4.78, 5) is 26.9. The highest BCUT2D eigenvalue weighted by molar-refractivity contribution is 5.76. The molecule has 1 saturated heterocycles. The number of carbonyl (C=O) groups is 1. The quantitative estimate of drug-likeness (QED) is 0.816. The molecule has 0 N–H and O–H groups in total. The number of fused-ring (bicyclic) bond motifs is 2. The molecule has 7 heteroatoms. The first-order chi connectivity index (χ1) is 11.2. The maximum absolute atomic E-state index is 12.7. The van der Waals surface area contributed by atoms with E-state index in [1.165, 1.54) is 9.08 Å². The van der Waals surface area contributed by atoms with Gasteiger partial charge in [-0.3, -0.25) is 9.20 Å². The third-order valence-electron chi connectivity index (χ3n) is 4.83. The lowest BCUT2D eigenvalue weighted by atomic mass is 9.90. The average Bonchev–Trinajstić information content (AvgIpc) is 2.90. The zero-order chi connectivity index (χ0) is 15.8. The van der Waals surface area contributed by atoms with Gasteiger partial charge in [0.2, 0.25) is 5.91 Å². The first-order valence-electron chi connectivity index (χ1n) is 8.19. The van der Waals surface area contributed by atoms with Crippen LogP contribution in [0.2, 0.25) is 0 Å². The molecule has 2 aromatic heterocycles. The zero-order valence-corrected chi connectivity index (χ0v) is 12.9. The molecule has 23 heavy (non-hydrogen) atoms. The van der Waals surface area contributed by atoms with Gasteiger partial charge in [0.05, 0.1) is 18.8 Å². The van der Waals surface area contributed by atoms with Gasteiger partial charge in [0, 0.05) is 12.7 Å². The third kappa shape index (κ3) is 2.55. The van der Waals surface area contributed by atoms with Crippen LogP contribution in [0.15, 0.2) is 29.2 Å². The molecular formula is C16H20N4O3. The number of morpholine rings is 1. The molecule has 0 aromatic carbocycles. The lowest BCUT2D eigenvalue weighted by molar-refractivity contribution is -0.150. The standard InChI is InChI=1S/C16H20N4O3/c21-15(18-9-10-23-13-6-2-1-5-12(13)18)11-20-16(22)19-8-4-3-7-14(19)17-20/h3-4,7-8,12-13H,1-2,5-6,9-11H2/t12-,13-/m1/s1. The summed E-state index contributed by atoms with van der Waals surface area (Å²) in [5.74, 6) is -0.0456. The van der Waals surface area contributed by atoms with Crippen LogP contribution in [0.3, 0.4) is 0 Å². The van der Waals surface area contributed by atoms with E-state index in [1.807, 2.05) is 11.0 Å². The van der Waals surface area contributed by atoms with E-state index >= 15 is 0 Å². The van der Waals surface area contributed by atoms with E-state index in [-0.39, 0.29) is 30.3 Å². The van der Waals surface area contributed by atoms with Gasteiger partial charge < -0.3 is 9.64 Å². The normalized spacial score (nSPS) is 24.6. The Hall–Kier alpha value is -2.15. The topological polar surface area (TPSA) is 68.8 Å². The molecule has 0 bridgehead atoms. The summed E-state index contributed by atoms with van der Waals surface area (Å²) in [7, 11) is 0. The van der Waals surface area contributed by atoms with E-state index in [4.69, 9.17) is 4.74 Å². The second-order valence-corrected chi connectivity index (χ2v) is 6.22. The summed E-state index contributed by atoms with van der Waals surface area (Å²) in [6, 6.07) is 5.51. The predicted molar refractivity (Wildman–Crippen MR) is 83.2 cm³/mol. The second kappa shape index (κ2) is 5.81. The van der Waals surface area contributed by atoms with Gasteiger partial charge >= 0.3 is 5.69 Å². The molecule has 4 rings (SSSR count). The van der Waals surface area contributed by atoms with Gasteiger partial charge in [0.15, 0.2) is 5.65 Å². The molecule has 122 valence electrons. The van der Waals surface area contributed by atoms with Gasteiger partial charge in [0.25, 0.3) is 0 Å². The van der Waals surface area contributed by atoms with Crippen molar-refractivity contribution in [1.29, 1.82) is 0 Å². The van der Waals surface area contributed by atoms with E-state index in [1.54, 1.807) is 18.3 Å². The van der Waals surface area contributed by atoms with Gasteiger partial charge in [-0.05, 0) is 25.0 Å². The Morgan fingerprint density at radius 3 is 3.04 bits per heavy atom. The maximum atomic E-state index is 12.7. The molecule has 2 fully saturated rings. The summed E-state index contributed by atoms with van der Waals surface area (Å²) >= 11 is 0. The Labute approximate surface area is 133 Å². The van der Waals surface area contributed by atoms with Crippen molar-refractivity contribution >= 4 is 11.6 Å². The largest absolute Gasteiger partial charge is 0.374 e. The van der Waals surface area contributed by atoms with Crippen LogP contribution in [0.5, 0.6) is 0 Å². The van der Waals surface area contributed by atoms with Crippen LogP contribution in [-0.2, 0) is 16.1 Å². The van der Waals surface area contributed by atoms with Gasteiger partial charge in [0.1, 0.15) is 6.54 Å². The number of rotatable bonds is 2. The molecule has 7 nitrogen and oxygen atoms in total. The zero-order valence-electron chi connectivity index (χ0n) is 12.9. The van der Waals surface area contributed by atoms with E-state index < -0.39 is 0 Å². The van der Waals surface area contributed by atoms with Gasteiger partial charge in [-0.25, -0.2) is 9.48 Å². The fraction of sp³-hybridized carbons (Fsp3) is 0.562. The molecule has 3 heterocycles. The number of nitrogens with zero attached hydrogens (tertiary/aromatic N) is 4. The van der Waals surface area contributed by atoms with E-state index in [9.17, 15) is 9.59 Å². The number of carbonyl (C=O) groups excluding carboxylic acids is 1. The minimum Gasteiger partial charge on any atom is -0.374 e. The molecule has 1 aliphatic carbocycles. The Kier molecular flexibility index (Phi) is 3.65. The first kappa shape index (κ1) is 14.4. The fourth-order valence-electron chi connectivity index (χ4n) is 3.70. The molecule has 2 aromatic rings. The third-order valence-corrected chi connectivity index (χ3v) is 4.83. The highest BCUT2D eigenvalue weighted by Gasteiger charge is 2.36. The molecule has 0 unspecified atom stereocenters. The van der Waals surface area contributed by atoms with Gasteiger partial charge in [-0.15, -0.1) is 5.10 Å². The SMILES string of the molecule is O=C(Cn1nc2ccccn2c1=O)N1CCO[C@@H]2CCCC[C@H]21. The van der Waals surface area contributed by atoms with Crippen LogP contribution < -0.4 is 5.69 Å². The molecule has 1 amide bonds. The first-order valence-corrected chi connectivity index (χ1v) is 8.19. The number of pyridine rings is 1. The summed E-state index contributed by atoms with van der Waals surface area (Å²) in [5.41, 5.74) is 0.283. The molecule has 2 atom stereocenters. The van der Waals surface area contributed by atoms with Crippen LogP contribution in [0.1, 0.15) is 25.7 Å². The van der Waals surface area contributed by atoms with Gasteiger partial charge in [-0.1, -0.05) is 18.9 Å². The summed E-state index contributed by atoms with van der Waals surface area (Å²) < 4.78 is 8.51. The average molecular weight is 316 g/mol. The molecule has 2 aliphatic rings. The number of aromatic nitrogens is 3. The molecule has 0 spiro atoms. The molecule has 0 radical (unpaired) electrons. The Balaban J connectivity index is 1.56. The van der Waals surface area contributed by atoms with Crippen LogP contribution in [0, 0.1) is 0 Å². The van der Waals surface area contributed by atoms with Crippen molar-refractivity contribution in [3.63, 3.8) is 0 Å². The van der Waals surface area contributed by atoms with E-state index in [0.717, 1.165) is 25.7 Å². The van der Waals surface area contributed by atoms with Gasteiger partial charge in [-0.2, -0.15) is 0 Å². The molecule has 1 aliphatic heterocycles. The smallest absolute Gasteiger partial charge is 0.350 e. The summed E-state index contributed by atoms with van der Waals surface area (Å²) in [6.07, 6.45) is 6.10. The lowest BCUT2D eigenvalue weighted by Gasteiger charge is -2.43. The maximum Gasteiger partial charge on any atom is 0.350 e. The van der Waals surface area contributed by atoms with Crippen LogP contribution in [-0.4, -0.2) is 50.3 Å². The van der Waals surface area contributed by atoms with Crippen molar-refractivity contribution in [3.05, 3.63) is 34.9 Å². The predicted octanol–water partition coefficient (Wildman–Crippen LogP) is 0.666. The van der Waals surface area contributed by atoms with Crippen molar-refractivity contribution < 1.29 is 9.53 Å². The number of amides is 1. The van der Waals surface area contributed by atoms with Crippen molar-refractivity contribution in [1.82, 2.24) is 19.1 Å². The Morgan fingerprint density at radius 2 is 2.17 bits per heavy atom. The van der Waals surface area contributed by atoms with E-state index in [0.29, 0.717) is 18.8 Å².